The molecule has 34 heavy (non-hydrogen) atoms. The molecular weight excluding hydrogens is 480 g/mol. The number of carbonyl (C=O) groups is 2. The number of hydrogen-bond donors (Lipinski definition) is 4. The predicted octanol–water partition coefficient (Wildman–Crippen LogP) is 2.57. The van der Waals surface area contributed by atoms with Gasteiger partial charge in [-0.3, -0.25) is 14.4 Å². The van der Waals surface area contributed by atoms with Crippen LogP contribution in [0.4, 0.5) is 0 Å². The van der Waals surface area contributed by atoms with Crippen molar-refractivity contribution in [2.45, 2.75) is 32.4 Å². The van der Waals surface area contributed by atoms with Gasteiger partial charge >= 0.3 is 0 Å². The zero-order valence-electron chi connectivity index (χ0n) is 18.3. The molecule has 0 saturated heterocycles. The number of amides is 2. The Balaban J connectivity index is 1.34. The first-order valence-electron chi connectivity index (χ1n) is 10.9. The Morgan fingerprint density at radius 2 is 2.15 bits per heavy atom. The molecule has 0 radical (unpaired) electrons. The molecule has 0 spiro atoms. The van der Waals surface area contributed by atoms with E-state index >= 15 is 0 Å². The largest absolute Gasteiger partial charge is 0.377 e. The van der Waals surface area contributed by atoms with Gasteiger partial charge in [0.25, 0.3) is 11.5 Å². The Morgan fingerprint density at radius 1 is 1.29 bits per heavy atom. The van der Waals surface area contributed by atoms with Crippen LogP contribution in [0.15, 0.2) is 34.4 Å². The summed E-state index contributed by atoms with van der Waals surface area (Å²) in [6, 6.07) is 7.14. The molecule has 0 aliphatic heterocycles. The molecule has 2 heterocycles. The van der Waals surface area contributed by atoms with Gasteiger partial charge in [0.05, 0.1) is 12.0 Å². The van der Waals surface area contributed by atoms with Gasteiger partial charge in [-0.05, 0) is 48.3 Å². The number of aromatic nitrogens is 2. The summed E-state index contributed by atoms with van der Waals surface area (Å²) >= 11 is 7.25. The molecule has 2 aromatic heterocycles. The van der Waals surface area contributed by atoms with Gasteiger partial charge < -0.3 is 25.5 Å². The fourth-order valence-corrected chi connectivity index (χ4v) is 5.29. The second-order valence-electron chi connectivity index (χ2n) is 8.26. The zero-order valence-corrected chi connectivity index (χ0v) is 19.9. The number of aromatic amines is 1. The van der Waals surface area contributed by atoms with Gasteiger partial charge in [0, 0.05) is 29.7 Å². The summed E-state index contributed by atoms with van der Waals surface area (Å²) in [5.74, 6) is -0.499. The van der Waals surface area contributed by atoms with Crippen molar-refractivity contribution >= 4 is 45.0 Å². The Morgan fingerprint density at radius 3 is 2.94 bits per heavy atom. The van der Waals surface area contributed by atoms with Crippen molar-refractivity contribution in [3.05, 3.63) is 62.0 Å². The van der Waals surface area contributed by atoms with Gasteiger partial charge in [0.15, 0.2) is 0 Å². The number of thiophene rings is 1. The molecule has 11 heteroatoms. The zero-order chi connectivity index (χ0) is 24.1. The summed E-state index contributed by atoms with van der Waals surface area (Å²) in [7, 11) is 0. The summed E-state index contributed by atoms with van der Waals surface area (Å²) in [6.07, 6.45) is 2.36. The Bertz CT molecular complexity index is 1240. The Kier molecular flexibility index (Phi) is 7.94. The molecule has 1 fully saturated rings. The number of benzene rings is 1. The van der Waals surface area contributed by atoms with E-state index < -0.39 is 5.91 Å². The van der Waals surface area contributed by atoms with Crippen LogP contribution < -0.4 is 16.2 Å². The van der Waals surface area contributed by atoms with Crippen molar-refractivity contribution in [2.75, 3.05) is 13.3 Å². The van der Waals surface area contributed by atoms with Gasteiger partial charge in [-0.15, -0.1) is 11.3 Å². The second-order valence-corrected chi connectivity index (χ2v) is 9.55. The number of hydrogen-bond acceptors (Lipinski definition) is 7. The van der Waals surface area contributed by atoms with Crippen LogP contribution in [0.25, 0.3) is 10.2 Å². The third kappa shape index (κ3) is 5.82. The van der Waals surface area contributed by atoms with Crippen LogP contribution in [0, 0.1) is 11.8 Å². The lowest BCUT2D eigenvalue weighted by molar-refractivity contribution is -0.126. The highest BCUT2D eigenvalue weighted by Crippen LogP contribution is 2.31. The van der Waals surface area contributed by atoms with Gasteiger partial charge in [0.2, 0.25) is 11.7 Å². The number of nitrogens with zero attached hydrogens (tertiary/aromatic N) is 1. The van der Waals surface area contributed by atoms with Crippen LogP contribution in [0.1, 0.15) is 41.0 Å². The smallest absolute Gasteiger partial charge is 0.287 e. The molecule has 4 N–H and O–H groups in total. The van der Waals surface area contributed by atoms with Gasteiger partial charge in [0.1, 0.15) is 11.6 Å². The molecule has 1 saturated carbocycles. The highest BCUT2D eigenvalue weighted by atomic mass is 35.5. The van der Waals surface area contributed by atoms with Gasteiger partial charge in [-0.2, -0.15) is 0 Å². The number of H-pyrrole nitrogens is 1. The van der Waals surface area contributed by atoms with Crippen LogP contribution in [-0.2, 0) is 22.7 Å². The second kappa shape index (κ2) is 11.1. The average Bonchev–Trinajstić information content (AvgIpc) is 3.45. The number of carbonyl (C=O) groups excluding carboxylic acids is 2. The molecule has 1 aliphatic carbocycles. The van der Waals surface area contributed by atoms with E-state index in [0.29, 0.717) is 33.8 Å². The van der Waals surface area contributed by atoms with E-state index in [4.69, 9.17) is 21.4 Å². The first kappa shape index (κ1) is 24.3. The highest BCUT2D eigenvalue weighted by Gasteiger charge is 2.29. The van der Waals surface area contributed by atoms with Crippen molar-refractivity contribution in [1.29, 1.82) is 0 Å². The SMILES string of the molecule is O=C(NCc1cccc(Cl)c1)c1nc2scc(COCC3CCC(C(=O)NCO)C3)c2c(=O)[nH]1. The minimum Gasteiger partial charge on any atom is -0.377 e. The molecule has 2 atom stereocenters. The maximum absolute atomic E-state index is 12.7. The normalized spacial score (nSPS) is 17.7. The number of ether oxygens (including phenoxy) is 1. The lowest BCUT2D eigenvalue weighted by atomic mass is 10.1. The number of rotatable bonds is 9. The molecular formula is C23H25ClN4O5S. The summed E-state index contributed by atoms with van der Waals surface area (Å²) in [5.41, 5.74) is 1.16. The molecule has 4 rings (SSSR count). The number of aliphatic hydroxyl groups is 1. The van der Waals surface area contributed by atoms with Crippen molar-refractivity contribution in [1.82, 2.24) is 20.6 Å². The minimum atomic E-state index is -0.480. The summed E-state index contributed by atoms with van der Waals surface area (Å²) < 4.78 is 5.84. The van der Waals surface area contributed by atoms with Crippen molar-refractivity contribution < 1.29 is 19.4 Å². The van der Waals surface area contributed by atoms with Crippen molar-refractivity contribution in [3.8, 4) is 0 Å². The Hall–Kier alpha value is -2.79. The van der Waals surface area contributed by atoms with Gasteiger partial charge in [-0.25, -0.2) is 4.98 Å². The third-order valence-electron chi connectivity index (χ3n) is 5.85. The summed E-state index contributed by atoms with van der Waals surface area (Å²) in [5, 5.41) is 16.8. The summed E-state index contributed by atoms with van der Waals surface area (Å²) in [6.45, 7) is 0.634. The average molecular weight is 505 g/mol. The van der Waals surface area contributed by atoms with E-state index in [1.807, 2.05) is 11.4 Å². The first-order valence-corrected chi connectivity index (χ1v) is 12.2. The van der Waals surface area contributed by atoms with Crippen LogP contribution in [0.3, 0.4) is 0 Å². The molecule has 0 bridgehead atoms. The maximum Gasteiger partial charge on any atom is 0.287 e. The van der Waals surface area contributed by atoms with Crippen molar-refractivity contribution in [3.63, 3.8) is 0 Å². The topological polar surface area (TPSA) is 133 Å². The van der Waals surface area contributed by atoms with Crippen LogP contribution in [-0.4, -0.2) is 40.2 Å². The Labute approximate surface area is 204 Å². The monoisotopic (exact) mass is 504 g/mol. The molecule has 2 amide bonds. The van der Waals surface area contributed by atoms with Crippen LogP contribution in [0.5, 0.6) is 0 Å². The van der Waals surface area contributed by atoms with Crippen molar-refractivity contribution in [2.24, 2.45) is 11.8 Å². The van der Waals surface area contributed by atoms with Gasteiger partial charge in [-0.1, -0.05) is 23.7 Å². The quantitative estimate of drug-likeness (QED) is 0.331. The maximum atomic E-state index is 12.7. The van der Waals surface area contributed by atoms with E-state index in [2.05, 4.69) is 20.6 Å². The lowest BCUT2D eigenvalue weighted by Gasteiger charge is -2.11. The number of fused-ring (bicyclic) bond motifs is 1. The van der Waals surface area contributed by atoms with E-state index in [-0.39, 0.29) is 49.0 Å². The van der Waals surface area contributed by atoms with E-state index in [0.717, 1.165) is 18.4 Å². The fourth-order valence-electron chi connectivity index (χ4n) is 4.16. The summed E-state index contributed by atoms with van der Waals surface area (Å²) in [4.78, 5) is 44.4. The first-order chi connectivity index (χ1) is 16.4. The predicted molar refractivity (Wildman–Crippen MR) is 129 cm³/mol. The molecule has 3 aromatic rings. The molecule has 9 nitrogen and oxygen atoms in total. The number of aliphatic hydroxyl groups excluding tert-OH is 1. The van der Waals surface area contributed by atoms with E-state index in [1.54, 1.807) is 18.2 Å². The molecule has 180 valence electrons. The molecule has 1 aromatic carbocycles. The van der Waals surface area contributed by atoms with E-state index in [9.17, 15) is 14.4 Å². The van der Waals surface area contributed by atoms with Crippen LogP contribution >= 0.6 is 22.9 Å². The van der Waals surface area contributed by atoms with E-state index in [1.165, 1.54) is 11.3 Å². The highest BCUT2D eigenvalue weighted by molar-refractivity contribution is 7.16. The molecule has 1 aliphatic rings. The third-order valence-corrected chi connectivity index (χ3v) is 7.01. The minimum absolute atomic E-state index is 0.0491. The standard InChI is InChI=1S/C23H25ClN4O5S/c24-17-3-1-2-13(7-17)8-25-22(32)19-27-21(31)18-16(11-34-23(18)28-19)10-33-9-14-4-5-15(6-14)20(30)26-12-29/h1-3,7,11,14-15,29H,4-6,8-10,12H2,(H,25,32)(H,26,30)(H,27,28,31). The number of halogens is 1. The van der Waals surface area contributed by atoms with Crippen LogP contribution in [0.2, 0.25) is 5.02 Å². The fraction of sp³-hybridized carbons (Fsp3) is 0.391. The lowest BCUT2D eigenvalue weighted by Crippen LogP contribution is -2.30. The number of nitrogens with one attached hydrogen (secondary N) is 3. The molecule has 2 unspecified atom stereocenters.